The number of carbonyl (C=O) groups excluding carboxylic acids is 1. The van der Waals surface area contributed by atoms with Crippen LogP contribution in [0, 0.1) is 0 Å². The number of aromatic nitrogens is 5. The largest absolute Gasteiger partial charge is 0.339 e. The number of halogens is 2. The van der Waals surface area contributed by atoms with E-state index in [1.54, 1.807) is 31.5 Å². The van der Waals surface area contributed by atoms with Gasteiger partial charge in [-0.05, 0) is 25.1 Å². The summed E-state index contributed by atoms with van der Waals surface area (Å²) in [4.78, 5) is 20.4. The molecule has 0 aliphatic rings. The van der Waals surface area contributed by atoms with Gasteiger partial charge < -0.3 is 9.84 Å². The van der Waals surface area contributed by atoms with Crippen molar-refractivity contribution in [2.24, 2.45) is 7.05 Å². The van der Waals surface area contributed by atoms with Crippen LogP contribution in [0.2, 0.25) is 0 Å². The van der Waals surface area contributed by atoms with Crippen molar-refractivity contribution in [3.05, 3.63) is 47.9 Å². The molecule has 3 rings (SSSR count). The van der Waals surface area contributed by atoms with Crippen LogP contribution in [-0.4, -0.2) is 30.8 Å². The Labute approximate surface area is 140 Å². The summed E-state index contributed by atoms with van der Waals surface area (Å²) >= 11 is 0. The fourth-order valence-corrected chi connectivity index (χ4v) is 2.17. The molecule has 3 aromatic heterocycles. The Morgan fingerprint density at radius 2 is 2.04 bits per heavy atom. The van der Waals surface area contributed by atoms with Gasteiger partial charge in [-0.2, -0.15) is 10.1 Å². The SMILES string of the molecule is CC(NC(=O)c1cc(C(F)F)nn1C)c1nc(-c2ccncc2)no1. The molecule has 130 valence electrons. The van der Waals surface area contributed by atoms with E-state index in [-0.39, 0.29) is 11.6 Å². The number of hydrogen-bond acceptors (Lipinski definition) is 6. The number of hydrogen-bond donors (Lipinski definition) is 1. The lowest BCUT2D eigenvalue weighted by Gasteiger charge is -2.09. The monoisotopic (exact) mass is 348 g/mol. The molecule has 3 heterocycles. The van der Waals surface area contributed by atoms with Crippen LogP contribution >= 0.6 is 0 Å². The first-order chi connectivity index (χ1) is 12.0. The standard InChI is InChI=1S/C15H14F2N6O2/c1-8(15-20-13(22-25-15)9-3-5-18-6-4-9)19-14(24)11-7-10(12(16)17)21-23(11)2/h3-8,12H,1-2H3,(H,19,24). The van der Waals surface area contributed by atoms with Gasteiger partial charge in [0.05, 0.1) is 0 Å². The summed E-state index contributed by atoms with van der Waals surface area (Å²) in [6.07, 6.45) is 0.447. The van der Waals surface area contributed by atoms with Crippen molar-refractivity contribution in [3.8, 4) is 11.4 Å². The molecule has 0 saturated carbocycles. The minimum Gasteiger partial charge on any atom is -0.339 e. The van der Waals surface area contributed by atoms with Gasteiger partial charge in [0.15, 0.2) is 0 Å². The molecule has 0 fully saturated rings. The van der Waals surface area contributed by atoms with E-state index in [4.69, 9.17) is 4.52 Å². The second-order valence-electron chi connectivity index (χ2n) is 5.27. The number of rotatable bonds is 5. The fourth-order valence-electron chi connectivity index (χ4n) is 2.17. The maximum Gasteiger partial charge on any atom is 0.282 e. The van der Waals surface area contributed by atoms with Gasteiger partial charge in [0.25, 0.3) is 12.3 Å². The molecule has 1 unspecified atom stereocenters. The highest BCUT2D eigenvalue weighted by Crippen LogP contribution is 2.20. The molecular formula is C15H14F2N6O2. The van der Waals surface area contributed by atoms with E-state index in [0.29, 0.717) is 5.82 Å². The van der Waals surface area contributed by atoms with Crippen molar-refractivity contribution < 1.29 is 18.1 Å². The second-order valence-corrected chi connectivity index (χ2v) is 5.27. The summed E-state index contributed by atoms with van der Waals surface area (Å²) in [6, 6.07) is 3.88. The third-order valence-electron chi connectivity index (χ3n) is 3.45. The molecule has 0 aliphatic carbocycles. The molecule has 8 nitrogen and oxygen atoms in total. The van der Waals surface area contributed by atoms with Crippen LogP contribution in [-0.2, 0) is 7.05 Å². The molecule has 10 heteroatoms. The van der Waals surface area contributed by atoms with E-state index < -0.39 is 24.1 Å². The molecule has 1 N–H and O–H groups in total. The minimum atomic E-state index is -2.75. The van der Waals surface area contributed by atoms with Crippen LogP contribution < -0.4 is 5.32 Å². The maximum absolute atomic E-state index is 12.7. The van der Waals surface area contributed by atoms with E-state index in [1.165, 1.54) is 7.05 Å². The average Bonchev–Trinajstić information content (AvgIpc) is 3.22. The normalized spacial score (nSPS) is 12.4. The Bertz CT molecular complexity index is 877. The first-order valence-corrected chi connectivity index (χ1v) is 7.32. The third kappa shape index (κ3) is 3.52. The van der Waals surface area contributed by atoms with Gasteiger partial charge in [0.2, 0.25) is 11.7 Å². The van der Waals surface area contributed by atoms with Gasteiger partial charge in [-0.15, -0.1) is 0 Å². The summed E-state index contributed by atoms with van der Waals surface area (Å²) in [7, 11) is 1.42. The molecule has 0 aromatic carbocycles. The van der Waals surface area contributed by atoms with E-state index in [0.717, 1.165) is 16.3 Å². The zero-order valence-corrected chi connectivity index (χ0v) is 13.3. The zero-order chi connectivity index (χ0) is 18.0. The van der Waals surface area contributed by atoms with Crippen LogP contribution in [0.1, 0.15) is 41.5 Å². The molecule has 0 bridgehead atoms. The first-order valence-electron chi connectivity index (χ1n) is 7.32. The van der Waals surface area contributed by atoms with Gasteiger partial charge in [-0.3, -0.25) is 14.5 Å². The summed E-state index contributed by atoms with van der Waals surface area (Å²) < 4.78 is 31.6. The summed E-state index contributed by atoms with van der Waals surface area (Å²) in [5.41, 5.74) is 0.269. The van der Waals surface area contributed by atoms with E-state index in [2.05, 4.69) is 25.5 Å². The predicted octanol–water partition coefficient (Wildman–Crippen LogP) is 2.29. The van der Waals surface area contributed by atoms with E-state index in [1.807, 2.05) is 0 Å². The summed E-state index contributed by atoms with van der Waals surface area (Å²) in [5.74, 6) is -0.0199. The van der Waals surface area contributed by atoms with Gasteiger partial charge in [0.1, 0.15) is 17.4 Å². The first kappa shape index (κ1) is 16.7. The Hall–Kier alpha value is -3.17. The number of aryl methyl sites for hydroxylation is 1. The Balaban J connectivity index is 1.73. The molecule has 0 spiro atoms. The van der Waals surface area contributed by atoms with Crippen molar-refractivity contribution in [1.29, 1.82) is 0 Å². The topological polar surface area (TPSA) is 98.7 Å². The number of pyridine rings is 1. The molecular weight excluding hydrogens is 334 g/mol. The lowest BCUT2D eigenvalue weighted by Crippen LogP contribution is -2.28. The van der Waals surface area contributed by atoms with Crippen molar-refractivity contribution in [2.45, 2.75) is 19.4 Å². The molecule has 3 aromatic rings. The Morgan fingerprint density at radius 1 is 1.32 bits per heavy atom. The van der Waals surface area contributed by atoms with Crippen LogP contribution in [0.15, 0.2) is 35.1 Å². The van der Waals surface area contributed by atoms with Crippen LogP contribution in [0.4, 0.5) is 8.78 Å². The molecule has 0 saturated heterocycles. The lowest BCUT2D eigenvalue weighted by atomic mass is 10.2. The number of nitrogens with one attached hydrogen (secondary N) is 1. The summed E-state index contributed by atoms with van der Waals surface area (Å²) in [6.45, 7) is 1.64. The highest BCUT2D eigenvalue weighted by atomic mass is 19.3. The number of carbonyl (C=O) groups is 1. The Kier molecular flexibility index (Phi) is 4.50. The highest BCUT2D eigenvalue weighted by Gasteiger charge is 2.22. The van der Waals surface area contributed by atoms with Gasteiger partial charge in [-0.25, -0.2) is 8.78 Å². The van der Waals surface area contributed by atoms with Gasteiger partial charge >= 0.3 is 0 Å². The van der Waals surface area contributed by atoms with Crippen LogP contribution in [0.25, 0.3) is 11.4 Å². The maximum atomic E-state index is 12.7. The smallest absolute Gasteiger partial charge is 0.282 e. The second kappa shape index (κ2) is 6.75. The highest BCUT2D eigenvalue weighted by molar-refractivity contribution is 5.92. The van der Waals surface area contributed by atoms with Crippen molar-refractivity contribution >= 4 is 5.91 Å². The number of amides is 1. The summed E-state index contributed by atoms with van der Waals surface area (Å²) in [5, 5.41) is 10.1. The quantitative estimate of drug-likeness (QED) is 0.759. The van der Waals surface area contributed by atoms with Crippen LogP contribution in [0.5, 0.6) is 0 Å². The molecule has 1 atom stereocenters. The molecule has 1 amide bonds. The third-order valence-corrected chi connectivity index (χ3v) is 3.45. The number of alkyl halides is 2. The molecule has 0 aliphatic heterocycles. The minimum absolute atomic E-state index is 0.0102. The Morgan fingerprint density at radius 3 is 2.68 bits per heavy atom. The van der Waals surface area contributed by atoms with Gasteiger partial charge in [0, 0.05) is 25.0 Å². The van der Waals surface area contributed by atoms with E-state index in [9.17, 15) is 13.6 Å². The van der Waals surface area contributed by atoms with Gasteiger partial charge in [-0.1, -0.05) is 5.16 Å². The fraction of sp³-hybridized carbons (Fsp3) is 0.267. The zero-order valence-electron chi connectivity index (χ0n) is 13.3. The predicted molar refractivity (Wildman–Crippen MR) is 81.6 cm³/mol. The average molecular weight is 348 g/mol. The molecule has 0 radical (unpaired) electrons. The van der Waals surface area contributed by atoms with E-state index >= 15 is 0 Å². The lowest BCUT2D eigenvalue weighted by molar-refractivity contribution is 0.0923. The van der Waals surface area contributed by atoms with Crippen molar-refractivity contribution in [3.63, 3.8) is 0 Å². The molecule has 25 heavy (non-hydrogen) atoms. The van der Waals surface area contributed by atoms with Crippen molar-refractivity contribution in [2.75, 3.05) is 0 Å². The van der Waals surface area contributed by atoms with Crippen molar-refractivity contribution in [1.82, 2.24) is 30.2 Å². The van der Waals surface area contributed by atoms with Crippen LogP contribution in [0.3, 0.4) is 0 Å². The number of nitrogens with zero attached hydrogens (tertiary/aromatic N) is 5.